The Morgan fingerprint density at radius 2 is 1.56 bits per heavy atom. The summed E-state index contributed by atoms with van der Waals surface area (Å²) >= 11 is 4.57. The van der Waals surface area contributed by atoms with Crippen molar-refractivity contribution in [1.82, 2.24) is 0 Å². The van der Waals surface area contributed by atoms with Crippen LogP contribution in [0.15, 0.2) is 110 Å². The van der Waals surface area contributed by atoms with Crippen molar-refractivity contribution in [3.05, 3.63) is 118 Å². The quantitative estimate of drug-likeness (QED) is 0.0886. The Labute approximate surface area is 238 Å². The van der Waals surface area contributed by atoms with Gasteiger partial charge in [-0.25, -0.2) is 0 Å². The van der Waals surface area contributed by atoms with Gasteiger partial charge in [-0.2, -0.15) is 0 Å². The lowest BCUT2D eigenvalue weighted by Crippen LogP contribution is -2.14. The van der Waals surface area contributed by atoms with E-state index in [1.54, 1.807) is 0 Å². The number of anilines is 1. The molecule has 3 unspecified atom stereocenters. The smallest absolute Gasteiger partial charge is 0.150 e. The lowest BCUT2D eigenvalue weighted by Gasteiger charge is -2.31. The standard InChI is InChI=1S/C33H31NOS2.CH4O/c1-3-4-28(23-7-5-22(19-35)6-8-23)32(24-9-13-26(36)14-10-24)30-20-37(27-15-11-25(34)12-16-27)31-18-21(2)17-29(30)33(31)37;1-2/h5-20,28,32,36H,3-4,34H2,1-2H3;2H,1H3. The van der Waals surface area contributed by atoms with Crippen molar-refractivity contribution in [2.24, 2.45) is 0 Å². The molecule has 5 heteroatoms. The Hall–Kier alpha value is -3.25. The van der Waals surface area contributed by atoms with Crippen LogP contribution in [0.2, 0.25) is 0 Å². The largest absolute Gasteiger partial charge is 0.400 e. The lowest BCUT2D eigenvalue weighted by atomic mass is 9.73. The minimum atomic E-state index is -1.29. The summed E-state index contributed by atoms with van der Waals surface area (Å²) < 4.78 is 0. The second-order valence-electron chi connectivity index (χ2n) is 10.2. The van der Waals surface area contributed by atoms with Crippen molar-refractivity contribution < 1.29 is 9.90 Å². The number of allylic oxidation sites excluding steroid dienone is 1. The molecule has 0 radical (unpaired) electrons. The van der Waals surface area contributed by atoms with Crippen molar-refractivity contribution in [2.75, 3.05) is 12.8 Å². The highest BCUT2D eigenvalue weighted by Crippen LogP contribution is 2.90. The summed E-state index contributed by atoms with van der Waals surface area (Å²) in [4.78, 5) is 16.7. The molecule has 0 spiro atoms. The van der Waals surface area contributed by atoms with Crippen molar-refractivity contribution in [3.8, 4) is 0 Å². The molecule has 3 atom stereocenters. The van der Waals surface area contributed by atoms with Crippen LogP contribution in [0.3, 0.4) is 0 Å². The number of hydrogen-bond donors (Lipinski definition) is 3. The zero-order chi connectivity index (χ0) is 27.7. The number of nitrogens with two attached hydrogens (primary N) is 1. The van der Waals surface area contributed by atoms with Gasteiger partial charge in [0.25, 0.3) is 0 Å². The summed E-state index contributed by atoms with van der Waals surface area (Å²) in [6.07, 6.45) is 3.06. The summed E-state index contributed by atoms with van der Waals surface area (Å²) in [7, 11) is -0.285. The molecule has 4 aromatic carbocycles. The molecule has 0 saturated carbocycles. The van der Waals surface area contributed by atoms with Gasteiger partial charge >= 0.3 is 0 Å². The van der Waals surface area contributed by atoms with E-state index in [0.29, 0.717) is 11.5 Å². The van der Waals surface area contributed by atoms with E-state index in [1.165, 1.54) is 42.5 Å². The third-order valence-corrected chi connectivity index (χ3v) is 11.6. The third-order valence-electron chi connectivity index (χ3n) is 7.78. The predicted molar refractivity (Wildman–Crippen MR) is 166 cm³/mol. The van der Waals surface area contributed by atoms with Gasteiger partial charge in [0.05, 0.1) is 0 Å². The number of aliphatic hydroxyl groups is 1. The van der Waals surface area contributed by atoms with E-state index in [2.05, 4.69) is 92.5 Å². The van der Waals surface area contributed by atoms with Crippen molar-refractivity contribution in [1.29, 1.82) is 0 Å². The first-order valence-electron chi connectivity index (χ1n) is 13.3. The van der Waals surface area contributed by atoms with E-state index in [9.17, 15) is 4.79 Å². The second kappa shape index (κ2) is 11.1. The number of aldehydes is 1. The number of aryl methyl sites for hydroxylation is 1. The van der Waals surface area contributed by atoms with Gasteiger partial charge in [-0.15, -0.1) is 22.7 Å². The van der Waals surface area contributed by atoms with E-state index in [0.717, 1.165) is 36.8 Å². The minimum Gasteiger partial charge on any atom is -0.400 e. The molecule has 0 aromatic heterocycles. The van der Waals surface area contributed by atoms with Crippen molar-refractivity contribution in [3.63, 3.8) is 0 Å². The van der Waals surface area contributed by atoms with Crippen LogP contribution in [0.1, 0.15) is 64.2 Å². The molecule has 0 amide bonds. The zero-order valence-corrected chi connectivity index (χ0v) is 24.3. The van der Waals surface area contributed by atoms with Crippen LogP contribution < -0.4 is 5.73 Å². The van der Waals surface area contributed by atoms with Crippen LogP contribution in [0.4, 0.5) is 5.69 Å². The summed E-state index contributed by atoms with van der Waals surface area (Å²) in [5.41, 5.74) is 14.3. The van der Waals surface area contributed by atoms with Gasteiger partial charge in [0.15, 0.2) is 0 Å². The SMILES string of the molecule is CCCC(c1ccc(C=O)cc1)C(C1=CS2(c3ccc(N)cc3)c3cc(C)cc1c32)c1ccc(S)cc1.CO. The van der Waals surface area contributed by atoms with Crippen LogP contribution in [0.25, 0.3) is 5.57 Å². The minimum absolute atomic E-state index is 0.202. The third kappa shape index (κ3) is 4.73. The number of carbonyl (C=O) groups is 1. The molecule has 0 bridgehead atoms. The van der Waals surface area contributed by atoms with Gasteiger partial charge in [-0.05, 0) is 95.0 Å². The average molecular weight is 554 g/mol. The predicted octanol–water partition coefficient (Wildman–Crippen LogP) is 8.60. The number of carbonyl (C=O) groups excluding carboxylic acids is 1. The van der Waals surface area contributed by atoms with Gasteiger partial charge in [0.2, 0.25) is 0 Å². The molecule has 2 aliphatic heterocycles. The van der Waals surface area contributed by atoms with Crippen LogP contribution in [0.5, 0.6) is 0 Å². The van der Waals surface area contributed by atoms with E-state index < -0.39 is 10.0 Å². The number of fused-ring (bicyclic) bond motifs is 1. The van der Waals surface area contributed by atoms with Gasteiger partial charge in [-0.3, -0.25) is 4.79 Å². The fraction of sp³-hybridized carbons (Fsp3) is 0.206. The maximum atomic E-state index is 11.4. The van der Waals surface area contributed by atoms with Gasteiger partial charge in [-0.1, -0.05) is 55.8 Å². The Kier molecular flexibility index (Phi) is 7.77. The Morgan fingerprint density at radius 3 is 2.18 bits per heavy atom. The Balaban J connectivity index is 0.00000151. The van der Waals surface area contributed by atoms with E-state index in [4.69, 9.17) is 10.8 Å². The summed E-state index contributed by atoms with van der Waals surface area (Å²) in [5, 5.41) is 9.61. The number of nitrogen functional groups attached to an aromatic ring is 1. The number of thiol groups is 1. The molecule has 2 aliphatic rings. The highest BCUT2D eigenvalue weighted by atomic mass is 32.3. The molecule has 0 fully saturated rings. The Bertz CT molecular complexity index is 1530. The maximum absolute atomic E-state index is 11.4. The number of aliphatic hydroxyl groups excluding tert-OH is 1. The molecule has 0 aliphatic carbocycles. The monoisotopic (exact) mass is 553 g/mol. The molecule has 4 aromatic rings. The lowest BCUT2D eigenvalue weighted by molar-refractivity contribution is 0.112. The highest BCUT2D eigenvalue weighted by Gasteiger charge is 2.53. The van der Waals surface area contributed by atoms with Crippen LogP contribution in [-0.4, -0.2) is 18.5 Å². The summed E-state index contributed by atoms with van der Waals surface area (Å²) in [6.45, 7) is 4.47. The van der Waals surface area contributed by atoms with Gasteiger partial charge in [0.1, 0.15) is 6.29 Å². The topological polar surface area (TPSA) is 63.3 Å². The van der Waals surface area contributed by atoms with Crippen LogP contribution in [-0.2, 0) is 0 Å². The van der Waals surface area contributed by atoms with Crippen molar-refractivity contribution >= 4 is 40.2 Å². The molecule has 39 heavy (non-hydrogen) atoms. The summed E-state index contributed by atoms with van der Waals surface area (Å²) in [5.74, 6) is 0.493. The molecule has 3 nitrogen and oxygen atoms in total. The first-order chi connectivity index (χ1) is 19.0. The zero-order valence-electron chi connectivity index (χ0n) is 22.6. The number of benzene rings is 4. The molecular formula is C34H35NO2S2. The molecule has 2 heterocycles. The highest BCUT2D eigenvalue weighted by molar-refractivity contribution is 8.41. The maximum Gasteiger partial charge on any atom is 0.150 e. The first kappa shape index (κ1) is 27.3. The first-order valence-corrected chi connectivity index (χ1v) is 15.4. The Morgan fingerprint density at radius 1 is 0.923 bits per heavy atom. The fourth-order valence-electron chi connectivity index (χ4n) is 6.05. The molecule has 0 saturated heterocycles. The van der Waals surface area contributed by atoms with Crippen LogP contribution >= 0.6 is 22.7 Å². The van der Waals surface area contributed by atoms with Crippen LogP contribution in [0, 0.1) is 6.92 Å². The van der Waals surface area contributed by atoms with E-state index in [-0.39, 0.29) is 5.92 Å². The van der Waals surface area contributed by atoms with Crippen molar-refractivity contribution in [2.45, 2.75) is 58.1 Å². The molecular weight excluding hydrogens is 519 g/mol. The number of hydrogen-bond acceptors (Lipinski definition) is 4. The van der Waals surface area contributed by atoms with Gasteiger partial charge < -0.3 is 10.8 Å². The normalized spacial score (nSPS) is 19.5. The molecule has 200 valence electrons. The summed E-state index contributed by atoms with van der Waals surface area (Å²) in [6, 6.07) is 30.2. The van der Waals surface area contributed by atoms with E-state index >= 15 is 0 Å². The average Bonchev–Trinajstić information content (AvgIpc) is 3.47. The number of rotatable bonds is 8. The fourth-order valence-corrected chi connectivity index (χ4v) is 10.1. The molecule has 3 N–H and O–H groups in total. The molecule has 6 rings (SSSR count). The van der Waals surface area contributed by atoms with Gasteiger partial charge in [0, 0.05) is 43.9 Å². The van der Waals surface area contributed by atoms with E-state index in [1.807, 2.05) is 24.3 Å². The second-order valence-corrected chi connectivity index (χ2v) is 13.6.